The van der Waals surface area contributed by atoms with Crippen LogP contribution in [0.2, 0.25) is 10.6 Å². The molecular weight excluding hydrogens is 203 g/mol. The molecule has 1 rings (SSSR count). The predicted octanol–water partition coefficient (Wildman–Crippen LogP) is 1.65. The first-order chi connectivity index (χ1) is 3.79. The molecule has 0 aliphatic carbocycles. The summed E-state index contributed by atoms with van der Waals surface area (Å²) in [5.41, 5.74) is 0. The molecule has 0 fully saturated rings. The summed E-state index contributed by atoms with van der Waals surface area (Å²) >= 11 is 9.34. The van der Waals surface area contributed by atoms with Crippen molar-refractivity contribution in [3.05, 3.63) is 11.0 Å². The first-order valence-corrected chi connectivity index (χ1v) is 5.83. The maximum absolute atomic E-state index is 4.31. The third-order valence-corrected chi connectivity index (χ3v) is 4.93. The van der Waals surface area contributed by atoms with Crippen LogP contribution in [0.15, 0.2) is 11.0 Å². The van der Waals surface area contributed by atoms with Crippen LogP contribution in [0.4, 0.5) is 0 Å². The van der Waals surface area contributed by atoms with Crippen molar-refractivity contribution in [2.75, 3.05) is 0 Å². The van der Waals surface area contributed by atoms with E-state index in [1.54, 1.807) is 0 Å². The Labute approximate surface area is 67.1 Å². The third kappa shape index (κ3) is 2.06. The molecule has 0 aromatic carbocycles. The summed E-state index contributed by atoms with van der Waals surface area (Å²) in [4.78, 5) is 1.23. The van der Waals surface area contributed by atoms with Gasteiger partial charge in [-0.25, -0.2) is 0 Å². The Bertz CT molecular complexity index is 111. The number of hydrogen-bond donors (Lipinski definition) is 2. The molecule has 0 aromatic heterocycles. The monoisotopic (exact) mass is 212 g/mol. The molecule has 0 N–H and O–H groups in total. The Morgan fingerprint density at radius 3 is 2.88 bits per heavy atom. The van der Waals surface area contributed by atoms with E-state index in [1.165, 1.54) is 15.5 Å². The van der Waals surface area contributed by atoms with Crippen LogP contribution in [-0.4, -0.2) is 20.2 Å². The summed E-state index contributed by atoms with van der Waals surface area (Å²) in [5, 5.41) is 2.99. The van der Waals surface area contributed by atoms with Gasteiger partial charge in [0.2, 0.25) is 0 Å². The van der Waals surface area contributed by atoms with Gasteiger partial charge in [0.25, 0.3) is 0 Å². The van der Waals surface area contributed by atoms with E-state index in [0.29, 0.717) is 5.25 Å². The van der Waals surface area contributed by atoms with Gasteiger partial charge in [-0.3, -0.25) is 0 Å². The molecule has 0 amide bonds. The summed E-state index contributed by atoms with van der Waals surface area (Å²) in [6.45, 7) is 0. The first kappa shape index (κ1) is 7.07. The summed E-state index contributed by atoms with van der Waals surface area (Å²) in [5.74, 6) is 0. The van der Waals surface area contributed by atoms with Gasteiger partial charge < -0.3 is 0 Å². The number of rotatable bonds is 0. The zero-order valence-corrected chi connectivity index (χ0v) is 7.87. The van der Waals surface area contributed by atoms with Crippen LogP contribution in [0.5, 0.6) is 0 Å². The molecule has 1 atom stereocenters. The number of hydrogen-bond acceptors (Lipinski definition) is 2. The average molecular weight is 211 g/mol. The van der Waals surface area contributed by atoms with E-state index in [-0.39, 0.29) is 0 Å². The molecule has 0 radical (unpaired) electrons. The van der Waals surface area contributed by atoms with Gasteiger partial charge in [-0.1, -0.05) is 0 Å². The van der Waals surface area contributed by atoms with Gasteiger partial charge in [-0.2, -0.15) is 0 Å². The van der Waals surface area contributed by atoms with Crippen LogP contribution in [-0.2, 0) is 0 Å². The topological polar surface area (TPSA) is 0 Å². The fraction of sp³-hybridized carbons (Fsp3) is 0.600. The molecule has 0 nitrogen and oxygen atoms in total. The zero-order chi connectivity index (χ0) is 5.98. The maximum atomic E-state index is 4.31. The van der Waals surface area contributed by atoms with Crippen molar-refractivity contribution in [1.82, 2.24) is 0 Å². The molecule has 0 bridgehead atoms. The van der Waals surface area contributed by atoms with E-state index in [9.17, 15) is 0 Å². The zero-order valence-electron chi connectivity index (χ0n) is 4.37. The Balaban J connectivity index is 2.50. The fourth-order valence-electron chi connectivity index (χ4n) is 0.603. The van der Waals surface area contributed by atoms with Gasteiger partial charge in [0.05, 0.1) is 0 Å². The van der Waals surface area contributed by atoms with E-state index in [2.05, 4.69) is 31.3 Å². The number of allylic oxidation sites excluding steroid dienone is 1. The Kier molecular flexibility index (Phi) is 2.84. The van der Waals surface area contributed by atoms with E-state index >= 15 is 0 Å². The fourth-order valence-corrected chi connectivity index (χ4v) is 3.70. The normalized spacial score (nSPS) is 29.8. The average Bonchev–Trinajstić information content (AvgIpc) is 1.64. The van der Waals surface area contributed by atoms with Crippen LogP contribution in [0.3, 0.4) is 0 Å². The summed E-state index contributed by atoms with van der Waals surface area (Å²) in [6.07, 6.45) is 2.14. The second-order valence-electron chi connectivity index (χ2n) is 1.74. The second-order valence-corrected chi connectivity index (χ2v) is 5.14. The molecule has 3 heteroatoms. The second kappa shape index (κ2) is 3.21. The van der Waals surface area contributed by atoms with E-state index in [1.807, 2.05) is 0 Å². The molecule has 0 saturated carbocycles. The molecule has 1 aliphatic rings. The third-order valence-electron chi connectivity index (χ3n) is 0.923. The van der Waals surface area contributed by atoms with Crippen LogP contribution in [0, 0.1) is 0 Å². The van der Waals surface area contributed by atoms with Gasteiger partial charge in [-0.05, 0) is 0 Å². The minimum atomic E-state index is 0.497. The predicted molar refractivity (Wildman–Crippen MR) is 45.2 cm³/mol. The van der Waals surface area contributed by atoms with Crippen LogP contribution in [0.1, 0.15) is 0 Å². The van der Waals surface area contributed by atoms with Crippen LogP contribution >= 0.6 is 25.3 Å². The molecule has 0 spiro atoms. The first-order valence-electron chi connectivity index (χ1n) is 2.44. The summed E-state index contributed by atoms with van der Waals surface area (Å²) < 4.78 is 0. The molecule has 0 aromatic rings. The Morgan fingerprint density at radius 1 is 1.75 bits per heavy atom. The summed E-state index contributed by atoms with van der Waals surface area (Å²) in [6, 6.07) is 0. The molecular formula is C5H8S2Se. The minimum absolute atomic E-state index is 0.497. The molecule has 8 heavy (non-hydrogen) atoms. The standard InChI is InChI=1S/C5H8S2Se/c6-4-1-5(7)3-8-2-4/h1,4,6-7H,2-3H2. The van der Waals surface area contributed by atoms with E-state index < -0.39 is 0 Å². The SMILES string of the molecule is SC1=CC(S)C[Se]C1. The van der Waals surface area contributed by atoms with Crippen molar-refractivity contribution < 1.29 is 0 Å². The Hall–Kier alpha value is 0.959. The molecule has 1 unspecified atom stereocenters. The van der Waals surface area contributed by atoms with Crippen LogP contribution < -0.4 is 0 Å². The van der Waals surface area contributed by atoms with Gasteiger partial charge in [0, 0.05) is 0 Å². The van der Waals surface area contributed by atoms with Crippen molar-refractivity contribution in [2.24, 2.45) is 0 Å². The van der Waals surface area contributed by atoms with Crippen molar-refractivity contribution in [3.8, 4) is 0 Å². The van der Waals surface area contributed by atoms with Gasteiger partial charge in [0.1, 0.15) is 0 Å². The van der Waals surface area contributed by atoms with Crippen molar-refractivity contribution >= 4 is 40.2 Å². The van der Waals surface area contributed by atoms with Gasteiger partial charge in [0.15, 0.2) is 0 Å². The molecule has 0 saturated heterocycles. The Morgan fingerprint density at radius 2 is 2.50 bits per heavy atom. The van der Waals surface area contributed by atoms with E-state index in [4.69, 9.17) is 0 Å². The quantitative estimate of drug-likeness (QED) is 0.442. The number of thiol groups is 2. The van der Waals surface area contributed by atoms with E-state index in [0.717, 1.165) is 15.0 Å². The van der Waals surface area contributed by atoms with Gasteiger partial charge in [-0.15, -0.1) is 0 Å². The molecule has 1 heterocycles. The van der Waals surface area contributed by atoms with Crippen LogP contribution in [0.25, 0.3) is 0 Å². The summed E-state index contributed by atoms with van der Waals surface area (Å²) in [7, 11) is 0. The molecule has 46 valence electrons. The van der Waals surface area contributed by atoms with Gasteiger partial charge >= 0.3 is 67.1 Å². The molecule has 1 aliphatic heterocycles. The van der Waals surface area contributed by atoms with Crippen molar-refractivity contribution in [1.29, 1.82) is 0 Å². The van der Waals surface area contributed by atoms with Crippen molar-refractivity contribution in [3.63, 3.8) is 0 Å². The van der Waals surface area contributed by atoms with Crippen molar-refractivity contribution in [2.45, 2.75) is 15.9 Å².